The third-order valence-electron chi connectivity index (χ3n) is 3.90. The van der Waals surface area contributed by atoms with Gasteiger partial charge in [-0.15, -0.1) is 24.8 Å². The summed E-state index contributed by atoms with van der Waals surface area (Å²) in [6.07, 6.45) is 1.08. The van der Waals surface area contributed by atoms with E-state index in [2.05, 4.69) is 10.2 Å². The standard InChI is InChI=1S/C20H27N3O2.2ClH/c1-23(2)13-14-25-18-10-7-16(8-11-18)15-22-20(24)12-9-17-5-3-4-6-19(17)21;;/h3-8,10-11H,9,12-15,21H2,1-2H3,(H,22,24);2*1H. The van der Waals surface area contributed by atoms with Crippen molar-refractivity contribution < 1.29 is 9.53 Å². The summed E-state index contributed by atoms with van der Waals surface area (Å²) >= 11 is 0. The highest BCUT2D eigenvalue weighted by molar-refractivity contribution is 5.85. The summed E-state index contributed by atoms with van der Waals surface area (Å²) in [5.74, 6) is 0.867. The van der Waals surface area contributed by atoms with Crippen LogP contribution in [0.4, 0.5) is 5.69 Å². The van der Waals surface area contributed by atoms with E-state index in [0.29, 0.717) is 26.0 Å². The van der Waals surface area contributed by atoms with Crippen LogP contribution in [0.2, 0.25) is 0 Å². The van der Waals surface area contributed by atoms with Crippen molar-refractivity contribution in [3.8, 4) is 5.75 Å². The van der Waals surface area contributed by atoms with Crippen molar-refractivity contribution in [2.24, 2.45) is 0 Å². The molecule has 0 unspecified atom stereocenters. The lowest BCUT2D eigenvalue weighted by Gasteiger charge is -2.11. The molecule has 0 aromatic heterocycles. The Labute approximate surface area is 174 Å². The van der Waals surface area contributed by atoms with Crippen molar-refractivity contribution in [2.45, 2.75) is 19.4 Å². The van der Waals surface area contributed by atoms with E-state index in [0.717, 1.165) is 29.1 Å². The maximum Gasteiger partial charge on any atom is 0.220 e. The van der Waals surface area contributed by atoms with Gasteiger partial charge < -0.3 is 20.7 Å². The van der Waals surface area contributed by atoms with Crippen molar-refractivity contribution in [1.82, 2.24) is 10.2 Å². The van der Waals surface area contributed by atoms with Crippen LogP contribution in [-0.4, -0.2) is 38.1 Å². The smallest absolute Gasteiger partial charge is 0.220 e. The Bertz CT molecular complexity index is 679. The second kappa shape index (κ2) is 13.3. The molecule has 0 saturated heterocycles. The molecule has 0 radical (unpaired) electrons. The Morgan fingerprint density at radius 3 is 2.37 bits per heavy atom. The molecule has 0 aliphatic rings. The molecule has 0 fully saturated rings. The van der Waals surface area contributed by atoms with Crippen LogP contribution >= 0.6 is 24.8 Å². The van der Waals surface area contributed by atoms with Gasteiger partial charge in [-0.1, -0.05) is 30.3 Å². The van der Waals surface area contributed by atoms with Gasteiger partial charge in [0.2, 0.25) is 5.91 Å². The number of nitrogens with two attached hydrogens (primary N) is 1. The number of carbonyl (C=O) groups excluding carboxylic acids is 1. The van der Waals surface area contributed by atoms with E-state index in [4.69, 9.17) is 10.5 Å². The first-order chi connectivity index (χ1) is 12.0. The van der Waals surface area contributed by atoms with Crippen LogP contribution < -0.4 is 15.8 Å². The van der Waals surface area contributed by atoms with E-state index in [-0.39, 0.29) is 30.7 Å². The molecular formula is C20H29Cl2N3O2. The molecule has 0 heterocycles. The summed E-state index contributed by atoms with van der Waals surface area (Å²) < 4.78 is 5.66. The van der Waals surface area contributed by atoms with Gasteiger partial charge in [-0.3, -0.25) is 4.79 Å². The number of nitrogens with zero attached hydrogens (tertiary/aromatic N) is 1. The number of amides is 1. The van der Waals surface area contributed by atoms with Gasteiger partial charge in [0.05, 0.1) is 0 Å². The minimum absolute atomic E-state index is 0. The number of hydrogen-bond donors (Lipinski definition) is 2. The molecule has 7 heteroatoms. The molecule has 0 bridgehead atoms. The number of carbonyl (C=O) groups is 1. The molecule has 0 atom stereocenters. The number of nitrogens with one attached hydrogen (secondary N) is 1. The highest BCUT2D eigenvalue weighted by Crippen LogP contribution is 2.13. The number of anilines is 1. The zero-order valence-electron chi connectivity index (χ0n) is 15.8. The van der Waals surface area contributed by atoms with Gasteiger partial charge in [-0.05, 0) is 49.8 Å². The highest BCUT2D eigenvalue weighted by atomic mass is 35.5. The summed E-state index contributed by atoms with van der Waals surface area (Å²) in [7, 11) is 4.03. The summed E-state index contributed by atoms with van der Waals surface area (Å²) in [6.45, 7) is 2.05. The molecule has 2 aromatic rings. The number of para-hydroxylation sites is 1. The Morgan fingerprint density at radius 1 is 1.07 bits per heavy atom. The van der Waals surface area contributed by atoms with Crippen LogP contribution in [0.25, 0.3) is 0 Å². The number of aryl methyl sites for hydroxylation is 1. The van der Waals surface area contributed by atoms with E-state index >= 15 is 0 Å². The molecule has 27 heavy (non-hydrogen) atoms. The first-order valence-electron chi connectivity index (χ1n) is 8.51. The van der Waals surface area contributed by atoms with E-state index in [1.165, 1.54) is 0 Å². The predicted molar refractivity (Wildman–Crippen MR) is 116 cm³/mol. The molecule has 2 rings (SSSR count). The average molecular weight is 414 g/mol. The van der Waals surface area contributed by atoms with Gasteiger partial charge >= 0.3 is 0 Å². The van der Waals surface area contributed by atoms with Crippen molar-refractivity contribution >= 4 is 36.4 Å². The maximum absolute atomic E-state index is 12.0. The summed E-state index contributed by atoms with van der Waals surface area (Å²) in [4.78, 5) is 14.1. The normalized spacial score (nSPS) is 9.89. The van der Waals surface area contributed by atoms with Crippen LogP contribution in [0.3, 0.4) is 0 Å². The average Bonchev–Trinajstić information content (AvgIpc) is 2.60. The zero-order chi connectivity index (χ0) is 18.1. The topological polar surface area (TPSA) is 67.6 Å². The zero-order valence-corrected chi connectivity index (χ0v) is 17.4. The fourth-order valence-corrected chi connectivity index (χ4v) is 2.35. The lowest BCUT2D eigenvalue weighted by Crippen LogP contribution is -2.23. The number of nitrogen functional groups attached to an aromatic ring is 1. The van der Waals surface area contributed by atoms with Gasteiger partial charge in [0, 0.05) is 25.2 Å². The number of hydrogen-bond acceptors (Lipinski definition) is 4. The van der Waals surface area contributed by atoms with E-state index < -0.39 is 0 Å². The SMILES string of the molecule is CN(C)CCOc1ccc(CNC(=O)CCc2ccccc2N)cc1.Cl.Cl. The van der Waals surface area contributed by atoms with E-state index in [9.17, 15) is 4.79 Å². The van der Waals surface area contributed by atoms with Gasteiger partial charge in [0.25, 0.3) is 0 Å². The lowest BCUT2D eigenvalue weighted by molar-refractivity contribution is -0.121. The van der Waals surface area contributed by atoms with Crippen LogP contribution in [0.5, 0.6) is 5.75 Å². The predicted octanol–water partition coefficient (Wildman–Crippen LogP) is 3.30. The molecule has 1 amide bonds. The van der Waals surface area contributed by atoms with Crippen molar-refractivity contribution in [1.29, 1.82) is 0 Å². The second-order valence-electron chi connectivity index (χ2n) is 6.27. The van der Waals surface area contributed by atoms with Crippen molar-refractivity contribution in [2.75, 3.05) is 33.0 Å². The third kappa shape index (κ3) is 9.52. The monoisotopic (exact) mass is 413 g/mol. The molecular weight excluding hydrogens is 385 g/mol. The van der Waals surface area contributed by atoms with E-state index in [1.54, 1.807) is 0 Å². The molecule has 0 aliphatic carbocycles. The third-order valence-corrected chi connectivity index (χ3v) is 3.90. The van der Waals surface area contributed by atoms with Crippen molar-refractivity contribution in [3.05, 3.63) is 59.7 Å². The van der Waals surface area contributed by atoms with Crippen LogP contribution in [0.15, 0.2) is 48.5 Å². The lowest BCUT2D eigenvalue weighted by atomic mass is 10.1. The number of ether oxygens (including phenoxy) is 1. The summed E-state index contributed by atoms with van der Waals surface area (Å²) in [5, 5.41) is 2.94. The Balaban J connectivity index is 0.00000338. The largest absolute Gasteiger partial charge is 0.492 e. The number of likely N-dealkylation sites (N-methyl/N-ethyl adjacent to an activating group) is 1. The molecule has 0 saturated carbocycles. The molecule has 5 nitrogen and oxygen atoms in total. The van der Waals surface area contributed by atoms with Crippen molar-refractivity contribution in [3.63, 3.8) is 0 Å². The first-order valence-corrected chi connectivity index (χ1v) is 8.51. The fourth-order valence-electron chi connectivity index (χ4n) is 2.35. The quantitative estimate of drug-likeness (QED) is 0.618. The molecule has 2 aromatic carbocycles. The highest BCUT2D eigenvalue weighted by Gasteiger charge is 2.05. The van der Waals surface area contributed by atoms with Crippen LogP contribution in [0.1, 0.15) is 17.5 Å². The molecule has 150 valence electrons. The summed E-state index contributed by atoms with van der Waals surface area (Å²) in [6, 6.07) is 15.5. The van der Waals surface area contributed by atoms with E-state index in [1.807, 2.05) is 62.6 Å². The minimum atomic E-state index is 0. The van der Waals surface area contributed by atoms with Crippen LogP contribution in [-0.2, 0) is 17.8 Å². The Kier molecular flexibility index (Phi) is 12.3. The van der Waals surface area contributed by atoms with Gasteiger partial charge in [0.1, 0.15) is 12.4 Å². The molecule has 3 N–H and O–H groups in total. The van der Waals surface area contributed by atoms with Gasteiger partial charge in [-0.25, -0.2) is 0 Å². The molecule has 0 spiro atoms. The maximum atomic E-state index is 12.0. The minimum Gasteiger partial charge on any atom is -0.492 e. The number of benzene rings is 2. The van der Waals surface area contributed by atoms with Crippen LogP contribution in [0, 0.1) is 0 Å². The number of rotatable bonds is 9. The van der Waals surface area contributed by atoms with Gasteiger partial charge in [-0.2, -0.15) is 0 Å². The summed E-state index contributed by atoms with van der Waals surface area (Å²) in [5.41, 5.74) is 8.69. The molecule has 0 aliphatic heterocycles. The fraction of sp³-hybridized carbons (Fsp3) is 0.350. The Hall–Kier alpha value is -1.95. The van der Waals surface area contributed by atoms with Gasteiger partial charge in [0.15, 0.2) is 0 Å². The first kappa shape index (κ1) is 25.1. The number of halogens is 2. The Morgan fingerprint density at radius 2 is 1.74 bits per heavy atom. The second-order valence-corrected chi connectivity index (χ2v) is 6.27.